The van der Waals surface area contributed by atoms with Crippen molar-refractivity contribution in [1.29, 1.82) is 0 Å². The second-order valence-electron chi connectivity index (χ2n) is 4.58. The zero-order chi connectivity index (χ0) is 15.9. The molecule has 0 radical (unpaired) electrons. The van der Waals surface area contributed by atoms with E-state index in [1.165, 1.54) is 18.2 Å². The number of ether oxygens (including phenoxy) is 2. The topological polar surface area (TPSA) is 111 Å². The number of rotatable bonds is 8. The third-order valence-electron chi connectivity index (χ3n) is 3.09. The van der Waals surface area contributed by atoms with Gasteiger partial charge in [0.15, 0.2) is 18.2 Å². The third kappa shape index (κ3) is 3.76. The van der Waals surface area contributed by atoms with Gasteiger partial charge in [0.25, 0.3) is 11.8 Å². The van der Waals surface area contributed by atoms with Crippen molar-refractivity contribution in [2.45, 2.75) is 18.9 Å². The van der Waals surface area contributed by atoms with E-state index in [0.29, 0.717) is 19.3 Å². The Labute approximate surface area is 126 Å². The Morgan fingerprint density at radius 2 is 2.36 bits per heavy atom. The number of nitrogens with zero attached hydrogens (tertiary/aromatic N) is 3. The van der Waals surface area contributed by atoms with Gasteiger partial charge in [-0.1, -0.05) is 0 Å². The summed E-state index contributed by atoms with van der Waals surface area (Å²) in [7, 11) is 1.51. The summed E-state index contributed by atoms with van der Waals surface area (Å²) >= 11 is 0. The number of aromatic nitrogens is 2. The Morgan fingerprint density at radius 3 is 3.05 bits per heavy atom. The van der Waals surface area contributed by atoms with Crippen LogP contribution >= 0.6 is 0 Å². The number of amides is 2. The molecule has 0 bridgehead atoms. The largest absolute Gasteiger partial charge is 0.465 e. The predicted molar refractivity (Wildman–Crippen MR) is 75.7 cm³/mol. The van der Waals surface area contributed by atoms with Crippen molar-refractivity contribution in [3.8, 4) is 5.88 Å². The van der Waals surface area contributed by atoms with Gasteiger partial charge in [-0.25, -0.2) is 9.97 Å². The van der Waals surface area contributed by atoms with E-state index >= 15 is 0 Å². The van der Waals surface area contributed by atoms with E-state index in [4.69, 9.17) is 9.47 Å². The van der Waals surface area contributed by atoms with Gasteiger partial charge in [-0.2, -0.15) is 0 Å². The molecule has 1 aliphatic heterocycles. The first-order valence-electron chi connectivity index (χ1n) is 6.66. The highest BCUT2D eigenvalue weighted by atomic mass is 16.5. The van der Waals surface area contributed by atoms with Gasteiger partial charge >= 0.3 is 0 Å². The Hall–Kier alpha value is -2.55. The minimum Gasteiger partial charge on any atom is -0.465 e. The van der Waals surface area contributed by atoms with Crippen LogP contribution in [0.25, 0.3) is 0 Å². The minimum absolute atomic E-state index is 0.115. The van der Waals surface area contributed by atoms with Crippen LogP contribution in [0.4, 0.5) is 11.6 Å². The summed E-state index contributed by atoms with van der Waals surface area (Å²) in [4.78, 5) is 42.5. The number of carbonyl (C=O) groups excluding carboxylic acids is 3. The van der Waals surface area contributed by atoms with Gasteiger partial charge in [0, 0.05) is 13.5 Å². The Kier molecular flexibility index (Phi) is 5.37. The molecule has 1 atom stereocenters. The van der Waals surface area contributed by atoms with E-state index in [2.05, 4.69) is 15.3 Å². The van der Waals surface area contributed by atoms with Gasteiger partial charge in [0.1, 0.15) is 6.29 Å². The number of carbonyl (C=O) groups is 3. The number of aldehydes is 1. The number of hydrogen-bond donors (Lipinski definition) is 1. The van der Waals surface area contributed by atoms with Crippen LogP contribution in [0.1, 0.15) is 12.8 Å². The van der Waals surface area contributed by atoms with Crippen molar-refractivity contribution in [2.75, 3.05) is 30.5 Å². The van der Waals surface area contributed by atoms with Crippen molar-refractivity contribution in [1.82, 2.24) is 9.97 Å². The van der Waals surface area contributed by atoms with Crippen LogP contribution in [0.2, 0.25) is 0 Å². The summed E-state index contributed by atoms with van der Waals surface area (Å²) in [6.45, 7) is 0.103. The third-order valence-corrected chi connectivity index (χ3v) is 3.09. The summed E-state index contributed by atoms with van der Waals surface area (Å²) in [5.74, 6) is 0.297. The highest BCUT2D eigenvalue weighted by Crippen LogP contribution is 2.25. The fraction of sp³-hybridized carbons (Fsp3) is 0.462. The SMILES string of the molecule is COC(CCC=O)CN(C=O)c1cnc2c(n1)NC(=O)CO2. The average Bonchev–Trinajstić information content (AvgIpc) is 2.54. The molecule has 0 saturated carbocycles. The molecular weight excluding hydrogens is 292 g/mol. The summed E-state index contributed by atoms with van der Waals surface area (Å²) in [5.41, 5.74) is 0. The summed E-state index contributed by atoms with van der Waals surface area (Å²) in [6, 6.07) is 0. The van der Waals surface area contributed by atoms with Gasteiger partial charge in [-0.05, 0) is 6.42 Å². The predicted octanol–water partition coefficient (Wildman–Crippen LogP) is -0.236. The van der Waals surface area contributed by atoms with Crippen LogP contribution in [0, 0.1) is 0 Å². The normalized spacial score (nSPS) is 14.3. The molecular formula is C13H16N4O5. The van der Waals surface area contributed by atoms with Crippen LogP contribution in [0.5, 0.6) is 5.88 Å². The van der Waals surface area contributed by atoms with Gasteiger partial charge in [0.05, 0.1) is 18.8 Å². The monoisotopic (exact) mass is 308 g/mol. The summed E-state index contributed by atoms with van der Waals surface area (Å²) in [6.07, 6.45) is 3.28. The standard InChI is InChI=1S/C13H16N4O5/c1-21-9(3-2-4-18)6-17(8-19)10-5-14-13-12(15-10)16-11(20)7-22-13/h4-5,8-9H,2-3,6-7H2,1H3,(H,15,16,20). The van der Waals surface area contributed by atoms with Crippen LogP contribution in [-0.4, -0.2) is 54.9 Å². The molecule has 9 heteroatoms. The quantitative estimate of drug-likeness (QED) is 0.660. The van der Waals surface area contributed by atoms with E-state index < -0.39 is 0 Å². The van der Waals surface area contributed by atoms with Crippen LogP contribution in [0.3, 0.4) is 0 Å². The lowest BCUT2D eigenvalue weighted by Gasteiger charge is -2.23. The van der Waals surface area contributed by atoms with E-state index in [-0.39, 0.29) is 42.7 Å². The van der Waals surface area contributed by atoms with Crippen molar-refractivity contribution >= 4 is 30.2 Å². The molecule has 2 heterocycles. The number of hydrogen-bond acceptors (Lipinski definition) is 7. The molecule has 0 saturated heterocycles. The molecule has 1 unspecified atom stereocenters. The zero-order valence-corrected chi connectivity index (χ0v) is 12.0. The maximum Gasteiger partial charge on any atom is 0.263 e. The molecule has 1 N–H and O–H groups in total. The summed E-state index contributed by atoms with van der Waals surface area (Å²) in [5, 5.41) is 2.52. The van der Waals surface area contributed by atoms with E-state index in [1.54, 1.807) is 0 Å². The highest BCUT2D eigenvalue weighted by Gasteiger charge is 2.21. The van der Waals surface area contributed by atoms with Gasteiger partial charge in [0.2, 0.25) is 6.41 Å². The lowest BCUT2D eigenvalue weighted by molar-refractivity contribution is -0.118. The zero-order valence-electron chi connectivity index (χ0n) is 12.0. The molecule has 9 nitrogen and oxygen atoms in total. The highest BCUT2D eigenvalue weighted by molar-refractivity contribution is 5.94. The number of anilines is 2. The molecule has 2 amide bonds. The van der Waals surface area contributed by atoms with Crippen LogP contribution < -0.4 is 15.0 Å². The minimum atomic E-state index is -0.336. The van der Waals surface area contributed by atoms with Gasteiger partial charge in [-0.3, -0.25) is 14.5 Å². The van der Waals surface area contributed by atoms with E-state index in [9.17, 15) is 14.4 Å². The maximum absolute atomic E-state index is 11.3. The Balaban J connectivity index is 2.13. The van der Waals surface area contributed by atoms with Crippen molar-refractivity contribution in [3.05, 3.63) is 6.20 Å². The Morgan fingerprint density at radius 1 is 1.55 bits per heavy atom. The second-order valence-corrected chi connectivity index (χ2v) is 4.58. The molecule has 1 aromatic rings. The lowest BCUT2D eigenvalue weighted by atomic mass is 10.2. The smallest absolute Gasteiger partial charge is 0.263 e. The second kappa shape index (κ2) is 7.46. The first-order chi connectivity index (χ1) is 10.7. The maximum atomic E-state index is 11.3. The lowest BCUT2D eigenvalue weighted by Crippen LogP contribution is -2.34. The number of fused-ring (bicyclic) bond motifs is 1. The first kappa shape index (κ1) is 15.8. The molecule has 2 rings (SSSR count). The fourth-order valence-corrected chi connectivity index (χ4v) is 1.94. The number of methoxy groups -OCH3 is 1. The fourth-order valence-electron chi connectivity index (χ4n) is 1.94. The molecule has 0 fully saturated rings. The van der Waals surface area contributed by atoms with E-state index in [0.717, 1.165) is 6.29 Å². The molecule has 1 aromatic heterocycles. The van der Waals surface area contributed by atoms with Crippen molar-refractivity contribution < 1.29 is 23.9 Å². The van der Waals surface area contributed by atoms with Gasteiger partial charge in [-0.15, -0.1) is 0 Å². The van der Waals surface area contributed by atoms with Crippen LogP contribution in [0.15, 0.2) is 6.20 Å². The van der Waals surface area contributed by atoms with Crippen molar-refractivity contribution in [2.24, 2.45) is 0 Å². The van der Waals surface area contributed by atoms with Crippen LogP contribution in [-0.2, 0) is 19.1 Å². The van der Waals surface area contributed by atoms with E-state index in [1.807, 2.05) is 0 Å². The number of nitrogens with one attached hydrogen (secondary N) is 1. The first-order valence-corrected chi connectivity index (χ1v) is 6.66. The molecule has 0 aromatic carbocycles. The molecule has 0 spiro atoms. The Bertz CT molecular complexity index is 565. The summed E-state index contributed by atoms with van der Waals surface area (Å²) < 4.78 is 10.3. The molecule has 118 valence electrons. The molecule has 22 heavy (non-hydrogen) atoms. The average molecular weight is 308 g/mol. The molecule has 1 aliphatic rings. The molecule has 0 aliphatic carbocycles. The van der Waals surface area contributed by atoms with Gasteiger partial charge < -0.3 is 19.6 Å². The van der Waals surface area contributed by atoms with Crippen molar-refractivity contribution in [3.63, 3.8) is 0 Å².